The second-order valence-corrected chi connectivity index (χ2v) is 5.71. The van der Waals surface area contributed by atoms with Crippen LogP contribution in [-0.4, -0.2) is 44.2 Å². The molecule has 0 saturated carbocycles. The minimum absolute atomic E-state index is 0.0319. The largest absolute Gasteiger partial charge is 0.480 e. The zero-order chi connectivity index (χ0) is 13.3. The van der Waals surface area contributed by atoms with E-state index >= 15 is 0 Å². The number of sulfonamides is 1. The van der Waals surface area contributed by atoms with Crippen LogP contribution in [0.5, 0.6) is 11.5 Å². The third-order valence-corrected chi connectivity index (χ3v) is 4.21. The van der Waals surface area contributed by atoms with Crippen LogP contribution >= 0.6 is 0 Å². The Kier molecular flexibility index (Phi) is 3.14. The molecule has 1 N–H and O–H groups in total. The normalized spacial score (nSPS) is 13.9. The molecule has 18 heavy (non-hydrogen) atoms. The Bertz CT molecular complexity index is 582. The van der Waals surface area contributed by atoms with Crippen molar-refractivity contribution in [2.75, 3.05) is 20.4 Å². The molecule has 0 aliphatic carbocycles. The zero-order valence-electron chi connectivity index (χ0n) is 9.49. The molecule has 0 saturated heterocycles. The molecule has 0 aromatic heterocycles. The van der Waals surface area contributed by atoms with Crippen molar-refractivity contribution in [3.05, 3.63) is 18.2 Å². The average molecular weight is 273 g/mol. The molecule has 7 nitrogen and oxygen atoms in total. The van der Waals surface area contributed by atoms with Crippen LogP contribution in [-0.2, 0) is 14.8 Å². The van der Waals surface area contributed by atoms with Gasteiger partial charge in [-0.25, -0.2) is 8.42 Å². The number of aliphatic carboxylic acids is 1. The topological polar surface area (TPSA) is 93.1 Å². The molecule has 8 heteroatoms. The molecule has 0 fully saturated rings. The summed E-state index contributed by atoms with van der Waals surface area (Å²) in [5.74, 6) is -0.420. The summed E-state index contributed by atoms with van der Waals surface area (Å²) in [5.41, 5.74) is 0. The quantitative estimate of drug-likeness (QED) is 0.837. The third kappa shape index (κ3) is 2.24. The van der Waals surface area contributed by atoms with Gasteiger partial charge in [0.25, 0.3) is 0 Å². The number of carboxylic acids is 1. The lowest BCUT2D eigenvalue weighted by Crippen LogP contribution is -2.31. The van der Waals surface area contributed by atoms with Gasteiger partial charge in [0.15, 0.2) is 11.5 Å². The summed E-state index contributed by atoms with van der Waals surface area (Å²) in [6, 6.07) is 4.14. The van der Waals surface area contributed by atoms with E-state index in [4.69, 9.17) is 14.6 Å². The van der Waals surface area contributed by atoms with Crippen molar-refractivity contribution in [2.45, 2.75) is 4.90 Å². The van der Waals surface area contributed by atoms with Crippen LogP contribution in [0.2, 0.25) is 0 Å². The van der Waals surface area contributed by atoms with E-state index in [9.17, 15) is 13.2 Å². The van der Waals surface area contributed by atoms with E-state index in [-0.39, 0.29) is 11.7 Å². The van der Waals surface area contributed by atoms with Crippen molar-refractivity contribution >= 4 is 16.0 Å². The number of ether oxygens (including phenoxy) is 2. The summed E-state index contributed by atoms with van der Waals surface area (Å²) in [7, 11) is -2.64. The fourth-order valence-electron chi connectivity index (χ4n) is 1.49. The van der Waals surface area contributed by atoms with E-state index in [2.05, 4.69) is 0 Å². The maximum absolute atomic E-state index is 12.0. The van der Waals surface area contributed by atoms with Crippen LogP contribution in [0.15, 0.2) is 23.1 Å². The van der Waals surface area contributed by atoms with Crippen LogP contribution in [0.25, 0.3) is 0 Å². The summed E-state index contributed by atoms with van der Waals surface area (Å²) >= 11 is 0. The number of benzene rings is 1. The van der Waals surface area contributed by atoms with Gasteiger partial charge in [0.05, 0.1) is 4.90 Å². The lowest BCUT2D eigenvalue weighted by Gasteiger charge is -2.14. The molecule has 0 bridgehead atoms. The molecule has 1 aromatic rings. The first-order valence-corrected chi connectivity index (χ1v) is 6.43. The smallest absolute Gasteiger partial charge is 0.318 e. The highest BCUT2D eigenvalue weighted by molar-refractivity contribution is 7.89. The Morgan fingerprint density at radius 1 is 1.39 bits per heavy atom. The van der Waals surface area contributed by atoms with Gasteiger partial charge < -0.3 is 14.6 Å². The number of nitrogens with zero attached hydrogens (tertiary/aromatic N) is 1. The second-order valence-electron chi connectivity index (χ2n) is 3.67. The maximum Gasteiger partial charge on any atom is 0.318 e. The van der Waals surface area contributed by atoms with Crippen molar-refractivity contribution in [1.29, 1.82) is 0 Å². The summed E-state index contributed by atoms with van der Waals surface area (Å²) in [4.78, 5) is 10.5. The molecule has 1 aromatic carbocycles. The molecule has 1 heterocycles. The molecule has 0 unspecified atom stereocenters. The summed E-state index contributed by atoms with van der Waals surface area (Å²) in [6.45, 7) is -0.555. The predicted molar refractivity (Wildman–Crippen MR) is 60.0 cm³/mol. The molecular formula is C10H11NO6S. The lowest BCUT2D eigenvalue weighted by atomic mass is 10.3. The van der Waals surface area contributed by atoms with Gasteiger partial charge in [0, 0.05) is 13.1 Å². The number of carboxylic acid groups (broad SMARTS) is 1. The van der Waals surface area contributed by atoms with Gasteiger partial charge in [-0.1, -0.05) is 0 Å². The van der Waals surface area contributed by atoms with E-state index in [0.717, 1.165) is 4.31 Å². The van der Waals surface area contributed by atoms with E-state index in [1.807, 2.05) is 0 Å². The average Bonchev–Trinajstić information content (AvgIpc) is 2.74. The van der Waals surface area contributed by atoms with Gasteiger partial charge in [0.2, 0.25) is 16.8 Å². The fraction of sp³-hybridized carbons (Fsp3) is 0.300. The first-order valence-electron chi connectivity index (χ1n) is 4.99. The molecule has 0 radical (unpaired) electrons. The molecule has 0 amide bonds. The Morgan fingerprint density at radius 3 is 2.72 bits per heavy atom. The Hall–Kier alpha value is -1.80. The van der Waals surface area contributed by atoms with Crippen molar-refractivity contribution in [1.82, 2.24) is 4.31 Å². The molecule has 0 spiro atoms. The molecule has 98 valence electrons. The van der Waals surface area contributed by atoms with Crippen molar-refractivity contribution < 1.29 is 27.8 Å². The highest BCUT2D eigenvalue weighted by Crippen LogP contribution is 2.34. The Morgan fingerprint density at radius 2 is 2.06 bits per heavy atom. The highest BCUT2D eigenvalue weighted by atomic mass is 32.2. The Labute approximate surface area is 104 Å². The van der Waals surface area contributed by atoms with E-state index in [0.29, 0.717) is 11.5 Å². The molecular weight excluding hydrogens is 262 g/mol. The molecule has 2 rings (SSSR count). The molecule has 0 atom stereocenters. The first-order chi connectivity index (χ1) is 8.41. The number of carbonyl (C=O) groups is 1. The van der Waals surface area contributed by atoms with E-state index in [1.54, 1.807) is 0 Å². The fourth-order valence-corrected chi connectivity index (χ4v) is 2.63. The van der Waals surface area contributed by atoms with Crippen molar-refractivity contribution in [3.63, 3.8) is 0 Å². The number of likely N-dealkylation sites (N-methyl/N-ethyl adjacent to an activating group) is 1. The lowest BCUT2D eigenvalue weighted by molar-refractivity contribution is -0.137. The van der Waals surface area contributed by atoms with Crippen molar-refractivity contribution in [2.24, 2.45) is 0 Å². The highest BCUT2D eigenvalue weighted by Gasteiger charge is 2.25. The number of rotatable bonds is 4. The molecule has 1 aliphatic heterocycles. The minimum Gasteiger partial charge on any atom is -0.480 e. The van der Waals surface area contributed by atoms with Gasteiger partial charge in [-0.3, -0.25) is 4.79 Å². The number of hydrogen-bond donors (Lipinski definition) is 1. The second kappa shape index (κ2) is 4.46. The van der Waals surface area contributed by atoms with E-state index < -0.39 is 22.5 Å². The first kappa shape index (κ1) is 12.7. The van der Waals surface area contributed by atoms with Gasteiger partial charge in [-0.2, -0.15) is 4.31 Å². The summed E-state index contributed by atoms with van der Waals surface area (Å²) in [5, 5.41) is 8.60. The van der Waals surface area contributed by atoms with E-state index in [1.165, 1.54) is 25.2 Å². The standard InChI is InChI=1S/C10H11NO6S/c1-11(5-10(12)13)18(14,15)7-2-3-8-9(4-7)17-6-16-8/h2-4H,5-6H2,1H3,(H,12,13). The van der Waals surface area contributed by atoms with Gasteiger partial charge in [-0.15, -0.1) is 0 Å². The summed E-state index contributed by atoms with van der Waals surface area (Å²) in [6.07, 6.45) is 0. The van der Waals surface area contributed by atoms with Crippen LogP contribution < -0.4 is 9.47 Å². The van der Waals surface area contributed by atoms with Crippen LogP contribution in [0, 0.1) is 0 Å². The summed E-state index contributed by atoms with van der Waals surface area (Å²) < 4.78 is 35.0. The minimum atomic E-state index is -3.84. The van der Waals surface area contributed by atoms with Crippen molar-refractivity contribution in [3.8, 4) is 11.5 Å². The van der Waals surface area contributed by atoms with Gasteiger partial charge >= 0.3 is 5.97 Å². The van der Waals surface area contributed by atoms with Gasteiger partial charge in [0.1, 0.15) is 6.54 Å². The monoisotopic (exact) mass is 273 g/mol. The predicted octanol–water partition coefficient (Wildman–Crippen LogP) is 0.120. The van der Waals surface area contributed by atoms with Crippen LogP contribution in [0.4, 0.5) is 0 Å². The van der Waals surface area contributed by atoms with Gasteiger partial charge in [-0.05, 0) is 12.1 Å². The van der Waals surface area contributed by atoms with Crippen LogP contribution in [0.3, 0.4) is 0 Å². The Balaban J connectivity index is 2.33. The molecule has 1 aliphatic rings. The SMILES string of the molecule is CN(CC(=O)O)S(=O)(=O)c1ccc2c(c1)OCO2. The zero-order valence-corrected chi connectivity index (χ0v) is 10.3. The maximum atomic E-state index is 12.0. The number of hydrogen-bond acceptors (Lipinski definition) is 5. The number of fused-ring (bicyclic) bond motifs is 1. The third-order valence-electron chi connectivity index (χ3n) is 2.41. The van der Waals surface area contributed by atoms with Crippen LogP contribution in [0.1, 0.15) is 0 Å².